The van der Waals surface area contributed by atoms with E-state index in [1.165, 1.54) is 10.4 Å². The van der Waals surface area contributed by atoms with Gasteiger partial charge in [-0.1, -0.05) is 0 Å². The molecule has 0 aliphatic carbocycles. The number of aliphatic hydroxyl groups excluding tert-OH is 1. The first kappa shape index (κ1) is 14.0. The Morgan fingerprint density at radius 2 is 2.06 bits per heavy atom. The molecule has 7 heteroatoms. The molecule has 18 heavy (non-hydrogen) atoms. The van der Waals surface area contributed by atoms with Crippen LogP contribution in [0, 0.1) is 0 Å². The molecule has 2 rings (SSSR count). The van der Waals surface area contributed by atoms with Crippen molar-refractivity contribution in [2.75, 3.05) is 13.1 Å². The van der Waals surface area contributed by atoms with Crippen molar-refractivity contribution in [1.82, 2.24) is 4.31 Å². The average Bonchev–Trinajstić information content (AvgIpc) is 2.76. The first-order chi connectivity index (χ1) is 8.43. The standard InChI is InChI=1S/C11H17NO4S2/c1-8-4-12(5-9(2)16-8)18(14,15)11-3-10(6-13)7-17-11/h3,7-9,13H,4-6H2,1-2H3/t8-,9+. The number of ether oxygens (including phenoxy) is 1. The summed E-state index contributed by atoms with van der Waals surface area (Å²) in [5.74, 6) is 0. The Morgan fingerprint density at radius 1 is 1.44 bits per heavy atom. The summed E-state index contributed by atoms with van der Waals surface area (Å²) >= 11 is 1.15. The number of aliphatic hydroxyl groups is 1. The van der Waals surface area contributed by atoms with Gasteiger partial charge < -0.3 is 9.84 Å². The fourth-order valence-electron chi connectivity index (χ4n) is 2.03. The highest BCUT2D eigenvalue weighted by atomic mass is 32.2. The Bertz CT molecular complexity index is 501. The van der Waals surface area contributed by atoms with Gasteiger partial charge in [0.25, 0.3) is 10.0 Å². The second kappa shape index (κ2) is 5.26. The third kappa shape index (κ3) is 2.75. The Balaban J connectivity index is 2.25. The van der Waals surface area contributed by atoms with E-state index in [1.807, 2.05) is 13.8 Å². The number of hydrogen-bond donors (Lipinski definition) is 1. The normalized spacial score (nSPS) is 26.4. The highest BCUT2D eigenvalue weighted by Crippen LogP contribution is 2.26. The van der Waals surface area contributed by atoms with Crippen molar-refractivity contribution in [2.45, 2.75) is 36.9 Å². The minimum atomic E-state index is -3.46. The summed E-state index contributed by atoms with van der Waals surface area (Å²) < 4.78 is 32.1. The van der Waals surface area contributed by atoms with Crippen LogP contribution in [0.15, 0.2) is 15.7 Å². The minimum absolute atomic E-state index is 0.0965. The summed E-state index contributed by atoms with van der Waals surface area (Å²) in [6.45, 7) is 4.34. The van der Waals surface area contributed by atoms with Crippen LogP contribution in [0.5, 0.6) is 0 Å². The molecule has 0 bridgehead atoms. The average molecular weight is 291 g/mol. The molecule has 1 aliphatic rings. The molecule has 0 spiro atoms. The monoisotopic (exact) mass is 291 g/mol. The smallest absolute Gasteiger partial charge is 0.252 e. The summed E-state index contributed by atoms with van der Waals surface area (Å²) in [5.41, 5.74) is 0.632. The highest BCUT2D eigenvalue weighted by molar-refractivity contribution is 7.91. The zero-order chi connectivity index (χ0) is 13.3. The van der Waals surface area contributed by atoms with Gasteiger partial charge in [0.2, 0.25) is 0 Å². The van der Waals surface area contributed by atoms with E-state index < -0.39 is 10.0 Å². The maximum Gasteiger partial charge on any atom is 0.252 e. The molecule has 1 N–H and O–H groups in total. The summed E-state index contributed by atoms with van der Waals surface area (Å²) in [7, 11) is -3.46. The second-order valence-electron chi connectivity index (χ2n) is 4.51. The van der Waals surface area contributed by atoms with E-state index in [4.69, 9.17) is 9.84 Å². The molecule has 0 unspecified atom stereocenters. The fourth-order valence-corrected chi connectivity index (χ4v) is 4.97. The lowest BCUT2D eigenvalue weighted by Crippen LogP contribution is -2.47. The van der Waals surface area contributed by atoms with E-state index in [0.717, 1.165) is 11.3 Å². The number of hydrogen-bond acceptors (Lipinski definition) is 5. The maximum absolute atomic E-state index is 12.4. The molecule has 5 nitrogen and oxygen atoms in total. The lowest BCUT2D eigenvalue weighted by molar-refractivity contribution is -0.0440. The Hall–Kier alpha value is -0.470. The first-order valence-corrected chi connectivity index (χ1v) is 8.09. The molecule has 0 radical (unpaired) electrons. The van der Waals surface area contributed by atoms with Crippen molar-refractivity contribution in [3.63, 3.8) is 0 Å². The molecule has 0 saturated carbocycles. The number of rotatable bonds is 3. The molecule has 0 aromatic carbocycles. The largest absolute Gasteiger partial charge is 0.392 e. The Labute approximate surface area is 111 Å². The van der Waals surface area contributed by atoms with Gasteiger partial charge in [-0.05, 0) is 30.9 Å². The summed E-state index contributed by atoms with van der Waals surface area (Å²) in [6.07, 6.45) is -0.193. The van der Waals surface area contributed by atoms with Crippen LogP contribution in [0.4, 0.5) is 0 Å². The molecular weight excluding hydrogens is 274 g/mol. The van der Waals surface area contributed by atoms with Crippen molar-refractivity contribution in [3.8, 4) is 0 Å². The van der Waals surface area contributed by atoms with Crippen molar-refractivity contribution >= 4 is 21.4 Å². The molecule has 2 atom stereocenters. The Morgan fingerprint density at radius 3 is 2.56 bits per heavy atom. The third-order valence-corrected chi connectivity index (χ3v) is 6.09. The van der Waals surface area contributed by atoms with E-state index in [1.54, 1.807) is 5.38 Å². The van der Waals surface area contributed by atoms with Gasteiger partial charge in [-0.2, -0.15) is 4.31 Å². The molecule has 1 fully saturated rings. The Kier molecular flexibility index (Phi) is 4.08. The molecule has 102 valence electrons. The predicted molar refractivity (Wildman–Crippen MR) is 69.0 cm³/mol. The fraction of sp³-hybridized carbons (Fsp3) is 0.636. The van der Waals surface area contributed by atoms with E-state index in [2.05, 4.69) is 0 Å². The van der Waals surface area contributed by atoms with Crippen molar-refractivity contribution < 1.29 is 18.3 Å². The van der Waals surface area contributed by atoms with E-state index in [-0.39, 0.29) is 23.0 Å². The van der Waals surface area contributed by atoms with Gasteiger partial charge in [-0.25, -0.2) is 8.42 Å². The quantitative estimate of drug-likeness (QED) is 0.903. The summed E-state index contributed by atoms with van der Waals surface area (Å²) in [4.78, 5) is 0. The third-order valence-electron chi connectivity index (χ3n) is 2.79. The molecular formula is C11H17NO4S2. The van der Waals surface area contributed by atoms with Crippen LogP contribution in [0.2, 0.25) is 0 Å². The van der Waals surface area contributed by atoms with Gasteiger partial charge in [0, 0.05) is 13.1 Å². The van der Waals surface area contributed by atoms with Crippen LogP contribution in [0.25, 0.3) is 0 Å². The first-order valence-electron chi connectivity index (χ1n) is 5.77. The van der Waals surface area contributed by atoms with E-state index >= 15 is 0 Å². The molecule has 2 heterocycles. The van der Waals surface area contributed by atoms with Gasteiger partial charge in [0.05, 0.1) is 18.8 Å². The number of thiophene rings is 1. The number of morpholine rings is 1. The minimum Gasteiger partial charge on any atom is -0.392 e. The van der Waals surface area contributed by atoms with Gasteiger partial charge in [-0.15, -0.1) is 11.3 Å². The predicted octanol–water partition coefficient (Wildman–Crippen LogP) is 1.04. The van der Waals surface area contributed by atoms with Crippen molar-refractivity contribution in [2.24, 2.45) is 0 Å². The summed E-state index contributed by atoms with van der Waals surface area (Å²) in [5, 5.41) is 10.7. The van der Waals surface area contributed by atoms with Crippen LogP contribution in [0.3, 0.4) is 0 Å². The SMILES string of the molecule is C[C@@H]1CN(S(=O)(=O)c2cc(CO)cs2)C[C@H](C)O1. The molecule has 1 aliphatic heterocycles. The number of nitrogens with zero attached hydrogens (tertiary/aromatic N) is 1. The number of sulfonamides is 1. The zero-order valence-electron chi connectivity index (χ0n) is 10.4. The van der Waals surface area contributed by atoms with Gasteiger partial charge in [-0.3, -0.25) is 0 Å². The van der Waals surface area contributed by atoms with Crippen LogP contribution < -0.4 is 0 Å². The molecule has 1 saturated heterocycles. The highest BCUT2D eigenvalue weighted by Gasteiger charge is 2.32. The maximum atomic E-state index is 12.4. The lowest BCUT2D eigenvalue weighted by atomic mass is 10.3. The second-order valence-corrected chi connectivity index (χ2v) is 7.59. The molecule has 0 amide bonds. The van der Waals surface area contributed by atoms with Gasteiger partial charge in [0.15, 0.2) is 0 Å². The van der Waals surface area contributed by atoms with Gasteiger partial charge in [0.1, 0.15) is 4.21 Å². The van der Waals surface area contributed by atoms with Crippen LogP contribution in [-0.2, 0) is 21.4 Å². The molecule has 1 aromatic rings. The van der Waals surface area contributed by atoms with E-state index in [0.29, 0.717) is 18.7 Å². The van der Waals surface area contributed by atoms with Crippen molar-refractivity contribution in [3.05, 3.63) is 17.0 Å². The topological polar surface area (TPSA) is 66.8 Å². The van der Waals surface area contributed by atoms with Crippen LogP contribution in [-0.4, -0.2) is 43.1 Å². The molecule has 1 aromatic heterocycles. The van der Waals surface area contributed by atoms with E-state index in [9.17, 15) is 8.42 Å². The lowest BCUT2D eigenvalue weighted by Gasteiger charge is -2.34. The van der Waals surface area contributed by atoms with Gasteiger partial charge >= 0.3 is 0 Å². The van der Waals surface area contributed by atoms with Crippen LogP contribution >= 0.6 is 11.3 Å². The zero-order valence-corrected chi connectivity index (χ0v) is 12.0. The van der Waals surface area contributed by atoms with Crippen molar-refractivity contribution in [1.29, 1.82) is 0 Å². The van der Waals surface area contributed by atoms with Crippen LogP contribution in [0.1, 0.15) is 19.4 Å². The summed E-state index contributed by atoms with van der Waals surface area (Å²) in [6, 6.07) is 1.53.